The number of esters is 1. The quantitative estimate of drug-likeness (QED) is 0.772. The van der Waals surface area contributed by atoms with E-state index in [0.29, 0.717) is 13.2 Å². The molecule has 1 heterocycles. The topological polar surface area (TPSA) is 73.9 Å². The molecule has 8 heteroatoms. The third-order valence-electron chi connectivity index (χ3n) is 3.21. The van der Waals surface area contributed by atoms with E-state index in [-0.39, 0.29) is 17.4 Å². The number of hydrogen-bond donors (Lipinski definition) is 1. The molecule has 2 rings (SSSR count). The van der Waals surface area contributed by atoms with Crippen molar-refractivity contribution in [2.75, 3.05) is 19.8 Å². The Kier molecular flexibility index (Phi) is 6.28. The summed E-state index contributed by atoms with van der Waals surface area (Å²) in [5, 5.41) is 2.59. The summed E-state index contributed by atoms with van der Waals surface area (Å²) in [6, 6.07) is 5.43. The summed E-state index contributed by atoms with van der Waals surface area (Å²) in [5.41, 5.74) is -0.167. The van der Waals surface area contributed by atoms with Gasteiger partial charge < -0.3 is 19.5 Å². The zero-order chi connectivity index (χ0) is 16.7. The van der Waals surface area contributed by atoms with Crippen molar-refractivity contribution >= 4 is 11.9 Å². The Bertz CT molecular complexity index is 546. The molecular weight excluding hydrogens is 312 g/mol. The van der Waals surface area contributed by atoms with E-state index in [1.54, 1.807) is 0 Å². The van der Waals surface area contributed by atoms with Gasteiger partial charge in [-0.25, -0.2) is 4.79 Å². The predicted octanol–water partition coefficient (Wildman–Crippen LogP) is 1.74. The van der Waals surface area contributed by atoms with Crippen LogP contribution in [-0.2, 0) is 14.3 Å². The lowest BCUT2D eigenvalue weighted by atomic mass is 10.2. The Balaban J connectivity index is 1.80. The lowest BCUT2D eigenvalue weighted by molar-refractivity contribution is -0.124. The molecule has 1 fully saturated rings. The number of halogens is 2. The number of ether oxygens (including phenoxy) is 3. The molecule has 0 aromatic heterocycles. The Morgan fingerprint density at radius 1 is 1.35 bits per heavy atom. The summed E-state index contributed by atoms with van der Waals surface area (Å²) >= 11 is 0. The van der Waals surface area contributed by atoms with Gasteiger partial charge in [-0.3, -0.25) is 4.79 Å². The molecule has 1 aromatic carbocycles. The third kappa shape index (κ3) is 5.48. The van der Waals surface area contributed by atoms with E-state index in [9.17, 15) is 18.4 Å². The van der Waals surface area contributed by atoms with Gasteiger partial charge in [0.1, 0.15) is 11.3 Å². The lowest BCUT2D eigenvalue weighted by Crippen LogP contribution is -2.34. The molecule has 1 atom stereocenters. The normalized spacial score (nSPS) is 17.1. The smallest absolute Gasteiger partial charge is 0.387 e. The number of amides is 1. The fraction of sp³-hybridized carbons (Fsp3) is 0.467. The maximum absolute atomic E-state index is 12.3. The van der Waals surface area contributed by atoms with Crippen LogP contribution < -0.4 is 10.1 Å². The Hall–Kier alpha value is -2.22. The standard InChI is InChI=1S/C15H17F2NO5/c16-15(17)23-12-6-2-1-5-11(12)14(20)22-9-13(19)18-8-10-4-3-7-21-10/h1-2,5-6,10,15H,3-4,7-9H2,(H,18,19)/t10-/m1/s1. The fourth-order valence-corrected chi connectivity index (χ4v) is 2.13. The SMILES string of the molecule is O=C(COC(=O)c1ccccc1OC(F)F)NC[C@H]1CCCO1. The van der Waals surface area contributed by atoms with Gasteiger partial charge in [0.05, 0.1) is 6.10 Å². The van der Waals surface area contributed by atoms with Crippen LogP contribution in [0.4, 0.5) is 8.78 Å². The first kappa shape index (κ1) is 17.1. The van der Waals surface area contributed by atoms with Crippen molar-refractivity contribution in [3.63, 3.8) is 0 Å². The number of carbonyl (C=O) groups is 2. The fourth-order valence-electron chi connectivity index (χ4n) is 2.13. The van der Waals surface area contributed by atoms with Crippen molar-refractivity contribution in [1.29, 1.82) is 0 Å². The zero-order valence-corrected chi connectivity index (χ0v) is 12.3. The largest absolute Gasteiger partial charge is 0.452 e. The molecule has 0 bridgehead atoms. The maximum atomic E-state index is 12.3. The highest BCUT2D eigenvalue weighted by molar-refractivity contribution is 5.93. The number of benzene rings is 1. The minimum atomic E-state index is -3.06. The van der Waals surface area contributed by atoms with E-state index < -0.39 is 25.1 Å². The Morgan fingerprint density at radius 3 is 2.83 bits per heavy atom. The van der Waals surface area contributed by atoms with E-state index in [4.69, 9.17) is 9.47 Å². The summed E-state index contributed by atoms with van der Waals surface area (Å²) in [6.07, 6.45) is 1.81. The molecular formula is C15H17F2NO5. The second-order valence-corrected chi connectivity index (χ2v) is 4.89. The van der Waals surface area contributed by atoms with Gasteiger partial charge in [0.2, 0.25) is 0 Å². The molecule has 1 saturated heterocycles. The van der Waals surface area contributed by atoms with Crippen molar-refractivity contribution in [2.45, 2.75) is 25.6 Å². The number of nitrogens with one attached hydrogen (secondary N) is 1. The van der Waals surface area contributed by atoms with E-state index >= 15 is 0 Å². The van der Waals surface area contributed by atoms with E-state index in [0.717, 1.165) is 12.8 Å². The number of hydrogen-bond acceptors (Lipinski definition) is 5. The first-order chi connectivity index (χ1) is 11.1. The average molecular weight is 329 g/mol. The van der Waals surface area contributed by atoms with Gasteiger partial charge in [-0.05, 0) is 25.0 Å². The van der Waals surface area contributed by atoms with Crippen LogP contribution in [0.25, 0.3) is 0 Å². The second-order valence-electron chi connectivity index (χ2n) is 4.89. The van der Waals surface area contributed by atoms with Crippen LogP contribution >= 0.6 is 0 Å². The molecule has 126 valence electrons. The zero-order valence-electron chi connectivity index (χ0n) is 12.3. The van der Waals surface area contributed by atoms with Crippen LogP contribution in [0.1, 0.15) is 23.2 Å². The van der Waals surface area contributed by atoms with Gasteiger partial charge in [-0.15, -0.1) is 0 Å². The number of rotatable bonds is 7. The first-order valence-corrected chi connectivity index (χ1v) is 7.15. The van der Waals surface area contributed by atoms with Crippen LogP contribution in [0.5, 0.6) is 5.75 Å². The Labute approximate surface area is 131 Å². The molecule has 1 aromatic rings. The van der Waals surface area contributed by atoms with Crippen LogP contribution in [0.15, 0.2) is 24.3 Å². The first-order valence-electron chi connectivity index (χ1n) is 7.15. The summed E-state index contributed by atoms with van der Waals surface area (Å²) in [7, 11) is 0. The molecule has 0 spiro atoms. The lowest BCUT2D eigenvalue weighted by Gasteiger charge is -2.12. The molecule has 1 N–H and O–H groups in total. The summed E-state index contributed by atoms with van der Waals surface area (Å²) in [6.45, 7) is -2.54. The van der Waals surface area contributed by atoms with Crippen molar-refractivity contribution < 1.29 is 32.6 Å². The highest BCUT2D eigenvalue weighted by atomic mass is 19.3. The highest BCUT2D eigenvalue weighted by Crippen LogP contribution is 2.21. The minimum Gasteiger partial charge on any atom is -0.452 e. The van der Waals surface area contributed by atoms with E-state index in [1.165, 1.54) is 24.3 Å². The van der Waals surface area contributed by atoms with Crippen molar-refractivity contribution in [3.05, 3.63) is 29.8 Å². The number of para-hydroxylation sites is 1. The molecule has 1 aliphatic heterocycles. The van der Waals surface area contributed by atoms with Gasteiger partial charge in [-0.2, -0.15) is 8.78 Å². The van der Waals surface area contributed by atoms with Crippen LogP contribution in [0.2, 0.25) is 0 Å². The summed E-state index contributed by atoms with van der Waals surface area (Å²) < 4.78 is 38.9. The Morgan fingerprint density at radius 2 is 2.13 bits per heavy atom. The van der Waals surface area contributed by atoms with Gasteiger partial charge in [0, 0.05) is 13.2 Å². The monoisotopic (exact) mass is 329 g/mol. The van der Waals surface area contributed by atoms with Crippen molar-refractivity contribution in [1.82, 2.24) is 5.32 Å². The number of carbonyl (C=O) groups excluding carboxylic acids is 2. The molecule has 0 unspecified atom stereocenters. The van der Waals surface area contributed by atoms with Gasteiger partial charge in [-0.1, -0.05) is 12.1 Å². The summed E-state index contributed by atoms with van der Waals surface area (Å²) in [5.74, 6) is -1.69. The predicted molar refractivity (Wildman–Crippen MR) is 75.3 cm³/mol. The van der Waals surface area contributed by atoms with Crippen LogP contribution in [0, 0.1) is 0 Å². The molecule has 0 aliphatic carbocycles. The minimum absolute atomic E-state index is 0.0187. The number of alkyl halides is 2. The van der Waals surface area contributed by atoms with Crippen LogP contribution in [-0.4, -0.2) is 44.4 Å². The van der Waals surface area contributed by atoms with Gasteiger partial charge >= 0.3 is 12.6 Å². The molecule has 1 aliphatic rings. The van der Waals surface area contributed by atoms with Crippen molar-refractivity contribution in [3.8, 4) is 5.75 Å². The average Bonchev–Trinajstić information content (AvgIpc) is 3.04. The van der Waals surface area contributed by atoms with Crippen LogP contribution in [0.3, 0.4) is 0 Å². The molecule has 23 heavy (non-hydrogen) atoms. The third-order valence-corrected chi connectivity index (χ3v) is 3.21. The highest BCUT2D eigenvalue weighted by Gasteiger charge is 2.19. The van der Waals surface area contributed by atoms with E-state index in [1.807, 2.05) is 0 Å². The summed E-state index contributed by atoms with van der Waals surface area (Å²) in [4.78, 5) is 23.5. The molecule has 0 saturated carbocycles. The van der Waals surface area contributed by atoms with Gasteiger partial charge in [0.15, 0.2) is 6.61 Å². The second kappa shape index (κ2) is 8.42. The maximum Gasteiger partial charge on any atom is 0.387 e. The van der Waals surface area contributed by atoms with Crippen molar-refractivity contribution in [2.24, 2.45) is 0 Å². The van der Waals surface area contributed by atoms with E-state index in [2.05, 4.69) is 10.1 Å². The molecule has 0 radical (unpaired) electrons. The molecule has 1 amide bonds. The van der Waals surface area contributed by atoms with Gasteiger partial charge in [0.25, 0.3) is 5.91 Å². The molecule has 6 nitrogen and oxygen atoms in total.